The molecule has 0 saturated heterocycles. The predicted molar refractivity (Wildman–Crippen MR) is 176 cm³/mol. The van der Waals surface area contributed by atoms with Crippen molar-refractivity contribution in [1.82, 2.24) is 25.3 Å². The molecule has 1 fully saturated rings. The second-order valence-corrected chi connectivity index (χ2v) is 13.0. The molecule has 236 valence electrons. The summed E-state index contributed by atoms with van der Waals surface area (Å²) in [4.78, 5) is 30.6. The molecule has 1 saturated carbocycles. The number of nitrogens with zero attached hydrogens (tertiary/aromatic N) is 4. The molecule has 45 heavy (non-hydrogen) atoms. The molecule has 1 aliphatic rings. The highest BCUT2D eigenvalue weighted by Gasteiger charge is 2.39. The van der Waals surface area contributed by atoms with Crippen LogP contribution in [0.5, 0.6) is 11.6 Å². The molecule has 5 rings (SSSR count). The van der Waals surface area contributed by atoms with Gasteiger partial charge in [0.25, 0.3) is 0 Å². The largest absolute Gasteiger partial charge is 0.488 e. The van der Waals surface area contributed by atoms with Gasteiger partial charge in [-0.3, -0.25) is 4.72 Å². The van der Waals surface area contributed by atoms with Crippen LogP contribution in [0, 0.1) is 19.3 Å². The van der Waals surface area contributed by atoms with Gasteiger partial charge in [0.05, 0.1) is 36.3 Å². The average molecular weight is 629 g/mol. The molecule has 0 bridgehead atoms. The Balaban J connectivity index is 1.34. The van der Waals surface area contributed by atoms with Crippen LogP contribution in [-0.2, 0) is 6.54 Å². The van der Waals surface area contributed by atoms with E-state index < -0.39 is 5.97 Å². The molecule has 2 aromatic carbocycles. The Labute approximate surface area is 268 Å². The molecule has 4 aromatic rings. The van der Waals surface area contributed by atoms with Crippen molar-refractivity contribution >= 4 is 23.9 Å². The third-order valence-electron chi connectivity index (χ3n) is 7.66. The van der Waals surface area contributed by atoms with Crippen molar-refractivity contribution < 1.29 is 19.4 Å². The fourth-order valence-corrected chi connectivity index (χ4v) is 5.71. The number of hydrogen-bond acceptors (Lipinski definition) is 10. The number of rotatable bonds is 15. The summed E-state index contributed by atoms with van der Waals surface area (Å²) < 4.78 is 15.2. The van der Waals surface area contributed by atoms with E-state index in [1.807, 2.05) is 32.0 Å². The molecule has 2 heterocycles. The van der Waals surface area contributed by atoms with Gasteiger partial charge in [-0.2, -0.15) is 4.98 Å². The number of aromatic nitrogens is 4. The van der Waals surface area contributed by atoms with Crippen LogP contribution >= 0.6 is 11.9 Å². The van der Waals surface area contributed by atoms with Gasteiger partial charge < -0.3 is 19.9 Å². The van der Waals surface area contributed by atoms with Crippen molar-refractivity contribution in [3.8, 4) is 22.9 Å². The minimum Gasteiger partial charge on any atom is -0.488 e. The lowest BCUT2D eigenvalue weighted by Crippen LogP contribution is -2.36. The first-order valence-corrected chi connectivity index (χ1v) is 15.9. The summed E-state index contributed by atoms with van der Waals surface area (Å²) in [6.45, 7) is 11.3. The Morgan fingerprint density at radius 3 is 2.42 bits per heavy atom. The molecule has 1 aliphatic carbocycles. The van der Waals surface area contributed by atoms with Crippen molar-refractivity contribution in [1.29, 1.82) is 0 Å². The number of carboxylic acids is 1. The second kappa shape index (κ2) is 14.3. The van der Waals surface area contributed by atoms with Crippen LogP contribution in [0.2, 0.25) is 0 Å². The van der Waals surface area contributed by atoms with E-state index in [0.717, 1.165) is 33.7 Å². The molecular formula is C34H40N6O4S. The quantitative estimate of drug-likeness (QED) is 0.119. The van der Waals surface area contributed by atoms with Crippen molar-refractivity contribution in [2.24, 2.45) is 5.41 Å². The van der Waals surface area contributed by atoms with Crippen LogP contribution in [0.4, 0.5) is 5.95 Å². The number of anilines is 1. The van der Waals surface area contributed by atoms with Crippen LogP contribution in [0.3, 0.4) is 0 Å². The van der Waals surface area contributed by atoms with Crippen LogP contribution in [0.15, 0.2) is 65.8 Å². The fourth-order valence-electron chi connectivity index (χ4n) is 5.08. The standard InChI is InChI=1S/C34H40N6O4S/c1-21(2)44-26-17-36-29(37-18-26)19-35-25(16-34(5)12-13-34)20-43-30-15-28(31-22(3)8-6-9-23(31)4)38-33(39-30)40-45-27-11-7-10-24(14-27)32(41)42/h6-11,14-15,17-18,21,25,35H,12-13,16,19-20H2,1-5H3,(H,41,42)(H,38,39,40). The zero-order valence-corrected chi connectivity index (χ0v) is 27.1. The summed E-state index contributed by atoms with van der Waals surface area (Å²) in [6.07, 6.45) is 6.82. The van der Waals surface area contributed by atoms with E-state index in [0.29, 0.717) is 42.0 Å². The SMILES string of the molecule is Cc1cccc(C)c1-c1cc(OCC(CC2(C)CC2)NCc2ncc(OC(C)C)cn2)nc(NSc2cccc(C(=O)O)c2)n1. The number of nitrogens with one attached hydrogen (secondary N) is 2. The highest BCUT2D eigenvalue weighted by Crippen LogP contribution is 2.49. The highest BCUT2D eigenvalue weighted by molar-refractivity contribution is 8.00. The van der Waals surface area contributed by atoms with Crippen LogP contribution < -0.4 is 19.5 Å². The van der Waals surface area contributed by atoms with Crippen LogP contribution in [0.25, 0.3) is 11.3 Å². The molecule has 2 aromatic heterocycles. The molecule has 11 heteroatoms. The van der Waals surface area contributed by atoms with E-state index in [2.05, 4.69) is 57.9 Å². The average Bonchev–Trinajstić information content (AvgIpc) is 3.74. The highest BCUT2D eigenvalue weighted by atomic mass is 32.2. The number of benzene rings is 2. The molecule has 0 radical (unpaired) electrons. The maximum atomic E-state index is 11.4. The summed E-state index contributed by atoms with van der Waals surface area (Å²) in [6, 6.07) is 14.8. The summed E-state index contributed by atoms with van der Waals surface area (Å²) in [7, 11) is 0. The minimum absolute atomic E-state index is 0.0517. The van der Waals surface area contributed by atoms with Gasteiger partial charge in [0.2, 0.25) is 11.8 Å². The van der Waals surface area contributed by atoms with Crippen molar-refractivity contribution in [3.05, 3.63) is 83.4 Å². The van der Waals surface area contributed by atoms with Crippen LogP contribution in [-0.4, -0.2) is 49.8 Å². The lowest BCUT2D eigenvalue weighted by atomic mass is 9.99. The first-order valence-electron chi connectivity index (χ1n) is 15.1. The van der Waals surface area contributed by atoms with Crippen molar-refractivity contribution in [2.75, 3.05) is 11.3 Å². The zero-order valence-electron chi connectivity index (χ0n) is 26.3. The number of aryl methyl sites for hydroxylation is 2. The van der Waals surface area contributed by atoms with Gasteiger partial charge >= 0.3 is 5.97 Å². The van der Waals surface area contributed by atoms with Gasteiger partial charge in [0.15, 0.2) is 5.75 Å². The maximum absolute atomic E-state index is 11.4. The molecule has 0 aliphatic heterocycles. The molecule has 0 amide bonds. The molecule has 1 unspecified atom stereocenters. The number of hydrogen-bond donors (Lipinski definition) is 3. The van der Waals surface area contributed by atoms with E-state index in [-0.39, 0.29) is 17.7 Å². The normalized spacial score (nSPS) is 14.2. The lowest BCUT2D eigenvalue weighted by molar-refractivity contribution is 0.0696. The van der Waals surface area contributed by atoms with Gasteiger partial charge in [-0.1, -0.05) is 31.2 Å². The lowest BCUT2D eigenvalue weighted by Gasteiger charge is -2.22. The summed E-state index contributed by atoms with van der Waals surface area (Å²) in [5.74, 6) is 1.18. The number of carboxylic acid groups (broad SMARTS) is 1. The Kier molecular flexibility index (Phi) is 10.2. The number of aromatic carboxylic acids is 1. The first kappa shape index (κ1) is 32.2. The van der Waals surface area contributed by atoms with Crippen molar-refractivity contribution in [3.63, 3.8) is 0 Å². The maximum Gasteiger partial charge on any atom is 0.335 e. The summed E-state index contributed by atoms with van der Waals surface area (Å²) in [5, 5.41) is 13.0. The summed E-state index contributed by atoms with van der Waals surface area (Å²) >= 11 is 1.25. The Bertz CT molecular complexity index is 1610. The predicted octanol–water partition coefficient (Wildman–Crippen LogP) is 6.88. The second-order valence-electron chi connectivity index (χ2n) is 12.1. The van der Waals surface area contributed by atoms with Gasteiger partial charge in [-0.05, 0) is 93.6 Å². The Hall–Kier alpha value is -4.22. The van der Waals surface area contributed by atoms with Gasteiger partial charge in [-0.15, -0.1) is 0 Å². The van der Waals surface area contributed by atoms with Crippen molar-refractivity contribution in [2.45, 2.75) is 77.5 Å². The molecule has 1 atom stereocenters. The summed E-state index contributed by atoms with van der Waals surface area (Å²) in [5.41, 5.74) is 4.46. The van der Waals surface area contributed by atoms with Gasteiger partial charge in [0.1, 0.15) is 12.4 Å². The fraction of sp³-hybridized carbons (Fsp3) is 0.382. The van der Waals surface area contributed by atoms with E-state index in [4.69, 9.17) is 14.5 Å². The molecular weight excluding hydrogens is 588 g/mol. The smallest absolute Gasteiger partial charge is 0.335 e. The van der Waals surface area contributed by atoms with Crippen LogP contribution in [0.1, 0.15) is 67.3 Å². The third-order valence-corrected chi connectivity index (χ3v) is 8.43. The topological polar surface area (TPSA) is 131 Å². The van der Waals surface area contributed by atoms with E-state index >= 15 is 0 Å². The van der Waals surface area contributed by atoms with Gasteiger partial charge in [-0.25, -0.2) is 19.7 Å². The monoisotopic (exact) mass is 628 g/mol. The zero-order chi connectivity index (χ0) is 32.0. The third kappa shape index (κ3) is 9.15. The van der Waals surface area contributed by atoms with E-state index in [1.54, 1.807) is 30.6 Å². The molecule has 10 nitrogen and oxygen atoms in total. The Morgan fingerprint density at radius 1 is 1.04 bits per heavy atom. The minimum atomic E-state index is -0.978. The number of carbonyl (C=O) groups is 1. The molecule has 3 N–H and O–H groups in total. The van der Waals surface area contributed by atoms with E-state index in [9.17, 15) is 9.90 Å². The molecule has 0 spiro atoms. The number of ether oxygens (including phenoxy) is 2. The Morgan fingerprint density at radius 2 is 1.76 bits per heavy atom. The van der Waals surface area contributed by atoms with Gasteiger partial charge in [0, 0.05) is 22.6 Å². The van der Waals surface area contributed by atoms with E-state index in [1.165, 1.54) is 24.8 Å². The first-order chi connectivity index (χ1) is 21.6.